The second-order valence-electron chi connectivity index (χ2n) is 5.37. The van der Waals surface area contributed by atoms with E-state index in [0.29, 0.717) is 23.0 Å². The van der Waals surface area contributed by atoms with Crippen molar-refractivity contribution in [3.8, 4) is 0 Å². The summed E-state index contributed by atoms with van der Waals surface area (Å²) in [4.78, 5) is 0. The molecule has 102 valence electrons. The van der Waals surface area contributed by atoms with Gasteiger partial charge in [0.2, 0.25) is 0 Å². The van der Waals surface area contributed by atoms with Gasteiger partial charge in [-0.3, -0.25) is 0 Å². The normalized spacial score (nSPS) is 23.7. The SMILES string of the molecule is C=CC1CCC(/C=C/c2ccc(C)c(F)c2F)CC1. The van der Waals surface area contributed by atoms with Crippen molar-refractivity contribution in [1.29, 1.82) is 0 Å². The lowest BCUT2D eigenvalue weighted by Crippen LogP contribution is -2.10. The van der Waals surface area contributed by atoms with Crippen LogP contribution in [-0.2, 0) is 0 Å². The first kappa shape index (κ1) is 14.0. The molecule has 0 amide bonds. The average molecular weight is 262 g/mol. The molecular weight excluding hydrogens is 242 g/mol. The molecule has 0 spiro atoms. The molecule has 0 saturated heterocycles. The number of halogens is 2. The molecule has 0 nitrogen and oxygen atoms in total. The second-order valence-corrected chi connectivity index (χ2v) is 5.37. The molecule has 1 fully saturated rings. The zero-order chi connectivity index (χ0) is 13.8. The van der Waals surface area contributed by atoms with Gasteiger partial charge in [0.05, 0.1) is 0 Å². The smallest absolute Gasteiger partial charge is 0.166 e. The highest BCUT2D eigenvalue weighted by Gasteiger charge is 2.17. The molecule has 1 aliphatic rings. The van der Waals surface area contributed by atoms with Crippen molar-refractivity contribution in [2.45, 2.75) is 32.6 Å². The fraction of sp³-hybridized carbons (Fsp3) is 0.412. The summed E-state index contributed by atoms with van der Waals surface area (Å²) in [6.45, 7) is 5.40. The van der Waals surface area contributed by atoms with E-state index >= 15 is 0 Å². The molecule has 1 aromatic carbocycles. The van der Waals surface area contributed by atoms with Crippen LogP contribution in [-0.4, -0.2) is 0 Å². The van der Waals surface area contributed by atoms with E-state index < -0.39 is 11.6 Å². The maximum atomic E-state index is 13.7. The van der Waals surface area contributed by atoms with Crippen LogP contribution >= 0.6 is 0 Å². The predicted molar refractivity (Wildman–Crippen MR) is 75.8 cm³/mol. The van der Waals surface area contributed by atoms with Crippen LogP contribution in [0.2, 0.25) is 0 Å². The Bertz CT molecular complexity index is 480. The van der Waals surface area contributed by atoms with Crippen LogP contribution in [0.5, 0.6) is 0 Å². The summed E-state index contributed by atoms with van der Waals surface area (Å²) < 4.78 is 27.1. The topological polar surface area (TPSA) is 0 Å². The predicted octanol–water partition coefficient (Wildman–Crippen LogP) is 5.28. The summed E-state index contributed by atoms with van der Waals surface area (Å²) in [6.07, 6.45) is 10.2. The number of aryl methyl sites for hydroxylation is 1. The molecule has 0 aliphatic heterocycles. The average Bonchev–Trinajstić information content (AvgIpc) is 2.45. The molecule has 1 aliphatic carbocycles. The van der Waals surface area contributed by atoms with Crippen LogP contribution in [0.1, 0.15) is 36.8 Å². The van der Waals surface area contributed by atoms with E-state index in [1.807, 2.05) is 12.2 Å². The van der Waals surface area contributed by atoms with Crippen LogP contribution in [0.4, 0.5) is 8.78 Å². The minimum atomic E-state index is -0.740. The van der Waals surface area contributed by atoms with Crippen molar-refractivity contribution in [2.75, 3.05) is 0 Å². The van der Waals surface area contributed by atoms with Gasteiger partial charge in [-0.2, -0.15) is 0 Å². The van der Waals surface area contributed by atoms with E-state index in [4.69, 9.17) is 0 Å². The van der Waals surface area contributed by atoms with Crippen molar-refractivity contribution >= 4 is 6.08 Å². The second kappa shape index (κ2) is 6.14. The van der Waals surface area contributed by atoms with Gasteiger partial charge in [-0.25, -0.2) is 8.78 Å². The van der Waals surface area contributed by atoms with Gasteiger partial charge in [0, 0.05) is 5.56 Å². The monoisotopic (exact) mass is 262 g/mol. The molecule has 0 atom stereocenters. The third-order valence-electron chi connectivity index (χ3n) is 4.00. The van der Waals surface area contributed by atoms with Gasteiger partial charge in [-0.15, -0.1) is 6.58 Å². The number of rotatable bonds is 3. The van der Waals surface area contributed by atoms with Crippen LogP contribution in [0.25, 0.3) is 6.08 Å². The van der Waals surface area contributed by atoms with Gasteiger partial charge >= 0.3 is 0 Å². The fourth-order valence-corrected chi connectivity index (χ4v) is 2.60. The largest absolute Gasteiger partial charge is 0.203 e. The first-order valence-corrected chi connectivity index (χ1v) is 6.87. The molecule has 2 heteroatoms. The van der Waals surface area contributed by atoms with Gasteiger partial charge in [0.1, 0.15) is 0 Å². The minimum Gasteiger partial charge on any atom is -0.203 e. The quantitative estimate of drug-likeness (QED) is 0.650. The maximum absolute atomic E-state index is 13.7. The number of benzene rings is 1. The maximum Gasteiger partial charge on any atom is 0.166 e. The molecule has 0 bridgehead atoms. The zero-order valence-corrected chi connectivity index (χ0v) is 11.3. The Labute approximate surface area is 113 Å². The third kappa shape index (κ3) is 3.31. The molecule has 2 rings (SSSR count). The van der Waals surface area contributed by atoms with Crippen LogP contribution in [0.3, 0.4) is 0 Å². The van der Waals surface area contributed by atoms with Crippen molar-refractivity contribution in [2.24, 2.45) is 11.8 Å². The van der Waals surface area contributed by atoms with Gasteiger partial charge < -0.3 is 0 Å². The molecule has 1 saturated carbocycles. The van der Waals surface area contributed by atoms with Gasteiger partial charge in [0.25, 0.3) is 0 Å². The highest BCUT2D eigenvalue weighted by molar-refractivity contribution is 5.51. The molecule has 19 heavy (non-hydrogen) atoms. The highest BCUT2D eigenvalue weighted by atomic mass is 19.2. The standard InChI is InChI=1S/C17H20F2/c1-3-13-5-7-14(8-6-13)9-11-15-10-4-12(2)16(18)17(15)19/h3-4,9-11,13-14H,1,5-8H2,2H3/b11-9+. The first-order chi connectivity index (χ1) is 9.11. The molecule has 0 N–H and O–H groups in total. The van der Waals surface area contributed by atoms with Gasteiger partial charge in [-0.1, -0.05) is 30.4 Å². The van der Waals surface area contributed by atoms with Crippen molar-refractivity contribution in [3.05, 3.63) is 53.6 Å². The van der Waals surface area contributed by atoms with Crippen molar-refractivity contribution < 1.29 is 8.78 Å². The Kier molecular flexibility index (Phi) is 4.52. The lowest BCUT2D eigenvalue weighted by Gasteiger charge is -2.24. The van der Waals surface area contributed by atoms with E-state index in [-0.39, 0.29) is 0 Å². The molecule has 0 unspecified atom stereocenters. The van der Waals surface area contributed by atoms with Crippen LogP contribution in [0.15, 0.2) is 30.9 Å². The first-order valence-electron chi connectivity index (χ1n) is 6.87. The number of hydrogen-bond acceptors (Lipinski definition) is 0. The summed E-state index contributed by atoms with van der Waals surface area (Å²) >= 11 is 0. The fourth-order valence-electron chi connectivity index (χ4n) is 2.60. The Morgan fingerprint density at radius 1 is 1.05 bits per heavy atom. The lowest BCUT2D eigenvalue weighted by atomic mass is 9.82. The van der Waals surface area contributed by atoms with E-state index in [9.17, 15) is 8.78 Å². The van der Waals surface area contributed by atoms with Crippen molar-refractivity contribution in [1.82, 2.24) is 0 Å². The number of allylic oxidation sites excluding steroid dienone is 2. The highest BCUT2D eigenvalue weighted by Crippen LogP contribution is 2.30. The van der Waals surface area contributed by atoms with E-state index in [2.05, 4.69) is 6.58 Å². The van der Waals surface area contributed by atoms with E-state index in [1.165, 1.54) is 0 Å². The summed E-state index contributed by atoms with van der Waals surface area (Å²) in [5.74, 6) is -0.383. The molecule has 0 radical (unpaired) electrons. The summed E-state index contributed by atoms with van der Waals surface area (Å²) in [5.41, 5.74) is 0.690. The Morgan fingerprint density at radius 3 is 2.32 bits per heavy atom. The summed E-state index contributed by atoms with van der Waals surface area (Å²) in [5, 5.41) is 0. The molecule has 0 heterocycles. The lowest BCUT2D eigenvalue weighted by molar-refractivity contribution is 0.357. The molecule has 1 aromatic rings. The van der Waals surface area contributed by atoms with Crippen molar-refractivity contribution in [3.63, 3.8) is 0 Å². The van der Waals surface area contributed by atoms with Crippen LogP contribution < -0.4 is 0 Å². The summed E-state index contributed by atoms with van der Waals surface area (Å²) in [6, 6.07) is 3.26. The van der Waals surface area contributed by atoms with Gasteiger partial charge in [-0.05, 0) is 50.0 Å². The zero-order valence-electron chi connectivity index (χ0n) is 11.3. The number of hydrogen-bond donors (Lipinski definition) is 0. The molecular formula is C17H20F2. The van der Waals surface area contributed by atoms with E-state index in [0.717, 1.165) is 25.7 Å². The molecule has 0 aromatic heterocycles. The van der Waals surface area contributed by atoms with Crippen LogP contribution in [0, 0.1) is 30.4 Å². The summed E-state index contributed by atoms with van der Waals surface area (Å²) in [7, 11) is 0. The van der Waals surface area contributed by atoms with E-state index in [1.54, 1.807) is 25.1 Å². The third-order valence-corrected chi connectivity index (χ3v) is 4.00. The van der Waals surface area contributed by atoms with Gasteiger partial charge in [0.15, 0.2) is 11.6 Å². The Morgan fingerprint density at radius 2 is 1.68 bits per heavy atom. The Hall–Kier alpha value is -1.44. The Balaban J connectivity index is 2.03. The minimum absolute atomic E-state index is 0.342.